The first-order chi connectivity index (χ1) is 7.93. The molecule has 2 N–H and O–H groups in total. The van der Waals surface area contributed by atoms with Crippen molar-refractivity contribution < 1.29 is 14.3 Å². The Morgan fingerprint density at radius 3 is 2.47 bits per heavy atom. The summed E-state index contributed by atoms with van der Waals surface area (Å²) in [5.74, 6) is -1.08. The maximum atomic E-state index is 11.7. The van der Waals surface area contributed by atoms with Crippen molar-refractivity contribution in [2.45, 2.75) is 32.9 Å². The lowest BCUT2D eigenvalue weighted by Gasteiger charge is -2.17. The standard InChI is InChI=1S/C11H19N3O3/c1-5-6-17-11(16)8(4)13-10(15)9(14-12)7(2)3/h5,7-9,12H,1,6H2,2-4H3,(H,13,15)/t8-,9-/m0/s1. The van der Waals surface area contributed by atoms with E-state index in [1.165, 1.54) is 13.0 Å². The van der Waals surface area contributed by atoms with Gasteiger partial charge in [-0.2, -0.15) is 5.11 Å². The van der Waals surface area contributed by atoms with Crippen LogP contribution in [0.3, 0.4) is 0 Å². The van der Waals surface area contributed by atoms with Crippen LogP contribution in [0.25, 0.3) is 0 Å². The summed E-state index contributed by atoms with van der Waals surface area (Å²) < 4.78 is 4.78. The molecule has 0 unspecified atom stereocenters. The van der Waals surface area contributed by atoms with E-state index in [9.17, 15) is 9.59 Å². The molecule has 2 atom stereocenters. The Labute approximate surface area is 101 Å². The van der Waals surface area contributed by atoms with E-state index in [0.29, 0.717) is 0 Å². The van der Waals surface area contributed by atoms with Crippen molar-refractivity contribution in [2.24, 2.45) is 11.0 Å². The largest absolute Gasteiger partial charge is 0.460 e. The van der Waals surface area contributed by atoms with Gasteiger partial charge in [-0.1, -0.05) is 26.5 Å². The van der Waals surface area contributed by atoms with Crippen molar-refractivity contribution in [1.29, 1.82) is 5.53 Å². The third-order valence-corrected chi connectivity index (χ3v) is 2.09. The van der Waals surface area contributed by atoms with Gasteiger partial charge in [-0.15, -0.1) is 0 Å². The Kier molecular flexibility index (Phi) is 6.77. The molecule has 6 nitrogen and oxygen atoms in total. The summed E-state index contributed by atoms with van der Waals surface area (Å²) in [5, 5.41) is 5.69. The van der Waals surface area contributed by atoms with Crippen LogP contribution in [-0.2, 0) is 14.3 Å². The van der Waals surface area contributed by atoms with E-state index in [4.69, 9.17) is 10.3 Å². The zero-order valence-electron chi connectivity index (χ0n) is 10.4. The van der Waals surface area contributed by atoms with Gasteiger partial charge in [0.2, 0.25) is 5.91 Å². The number of nitrogens with one attached hydrogen (secondary N) is 2. The number of nitrogens with zero attached hydrogens (tertiary/aromatic N) is 1. The molecule has 6 heteroatoms. The average Bonchev–Trinajstić information content (AvgIpc) is 2.25. The van der Waals surface area contributed by atoms with E-state index < -0.39 is 24.0 Å². The molecule has 0 bridgehead atoms. The Balaban J connectivity index is 4.31. The van der Waals surface area contributed by atoms with Crippen molar-refractivity contribution in [2.75, 3.05) is 6.61 Å². The minimum absolute atomic E-state index is 0.0936. The first-order valence-electron chi connectivity index (χ1n) is 5.38. The maximum absolute atomic E-state index is 11.7. The van der Waals surface area contributed by atoms with Gasteiger partial charge in [0.05, 0.1) is 0 Å². The number of hydrogen-bond acceptors (Lipinski definition) is 5. The van der Waals surface area contributed by atoms with Gasteiger partial charge in [-0.25, -0.2) is 10.3 Å². The minimum atomic E-state index is -0.773. The van der Waals surface area contributed by atoms with Crippen molar-refractivity contribution in [3.63, 3.8) is 0 Å². The molecule has 0 radical (unpaired) electrons. The van der Waals surface area contributed by atoms with Gasteiger partial charge in [-0.05, 0) is 12.8 Å². The number of carbonyl (C=O) groups excluding carboxylic acids is 2. The lowest BCUT2D eigenvalue weighted by Crippen LogP contribution is -2.45. The van der Waals surface area contributed by atoms with Gasteiger partial charge >= 0.3 is 5.97 Å². The van der Waals surface area contributed by atoms with Crippen LogP contribution in [0.2, 0.25) is 0 Å². The number of rotatable bonds is 7. The molecule has 0 saturated heterocycles. The van der Waals surface area contributed by atoms with Crippen LogP contribution in [0.15, 0.2) is 17.8 Å². The van der Waals surface area contributed by atoms with E-state index >= 15 is 0 Å². The second kappa shape index (κ2) is 7.54. The van der Waals surface area contributed by atoms with Crippen molar-refractivity contribution >= 4 is 11.9 Å². The second-order valence-electron chi connectivity index (χ2n) is 3.97. The highest BCUT2D eigenvalue weighted by molar-refractivity contribution is 5.87. The molecule has 0 aromatic heterocycles. The van der Waals surface area contributed by atoms with Crippen LogP contribution >= 0.6 is 0 Å². The Morgan fingerprint density at radius 1 is 1.47 bits per heavy atom. The van der Waals surface area contributed by atoms with Crippen LogP contribution in [0, 0.1) is 11.4 Å². The fourth-order valence-electron chi connectivity index (χ4n) is 1.13. The highest BCUT2D eigenvalue weighted by atomic mass is 16.5. The number of esters is 1. The summed E-state index contributed by atoms with van der Waals surface area (Å²) in [4.78, 5) is 23.0. The Bertz CT molecular complexity index is 302. The molecule has 0 aliphatic carbocycles. The van der Waals surface area contributed by atoms with Crippen LogP contribution in [0.1, 0.15) is 20.8 Å². The zero-order valence-corrected chi connectivity index (χ0v) is 10.4. The quantitative estimate of drug-likeness (QED) is 0.399. The molecule has 17 heavy (non-hydrogen) atoms. The first kappa shape index (κ1) is 15.3. The van der Waals surface area contributed by atoms with E-state index in [-0.39, 0.29) is 12.5 Å². The number of amides is 1. The van der Waals surface area contributed by atoms with Gasteiger partial charge in [0.15, 0.2) is 6.04 Å². The highest BCUT2D eigenvalue weighted by Gasteiger charge is 2.25. The number of ether oxygens (including phenoxy) is 1. The molecule has 0 saturated carbocycles. The fourth-order valence-corrected chi connectivity index (χ4v) is 1.13. The molecule has 0 aliphatic rings. The number of hydrogen-bond donors (Lipinski definition) is 2. The van der Waals surface area contributed by atoms with E-state index in [1.807, 2.05) is 0 Å². The summed E-state index contributed by atoms with van der Waals surface area (Å²) in [6.45, 7) is 8.60. The van der Waals surface area contributed by atoms with Gasteiger partial charge in [-0.3, -0.25) is 4.79 Å². The summed E-state index contributed by atoms with van der Waals surface area (Å²) >= 11 is 0. The zero-order chi connectivity index (χ0) is 13.4. The molecule has 0 heterocycles. The van der Waals surface area contributed by atoms with Crippen LogP contribution < -0.4 is 5.32 Å². The summed E-state index contributed by atoms with van der Waals surface area (Å²) in [5.41, 5.74) is 6.92. The van der Waals surface area contributed by atoms with E-state index in [2.05, 4.69) is 17.0 Å². The van der Waals surface area contributed by atoms with Crippen molar-refractivity contribution in [1.82, 2.24) is 5.32 Å². The van der Waals surface area contributed by atoms with Crippen molar-refractivity contribution in [3.8, 4) is 0 Å². The van der Waals surface area contributed by atoms with E-state index in [1.54, 1.807) is 13.8 Å². The van der Waals surface area contributed by atoms with Crippen LogP contribution in [-0.4, -0.2) is 30.6 Å². The smallest absolute Gasteiger partial charge is 0.328 e. The summed E-state index contributed by atoms with van der Waals surface area (Å²) in [6.07, 6.45) is 1.45. The summed E-state index contributed by atoms with van der Waals surface area (Å²) in [7, 11) is 0. The summed E-state index contributed by atoms with van der Waals surface area (Å²) in [6, 6.07) is -1.53. The molecular formula is C11H19N3O3. The SMILES string of the molecule is C=CCOC(=O)[C@H](C)NC(=O)[C@@H](N=N)C(C)C. The average molecular weight is 241 g/mol. The number of carbonyl (C=O) groups is 2. The molecule has 0 fully saturated rings. The molecule has 96 valence electrons. The van der Waals surface area contributed by atoms with Crippen LogP contribution in [0.5, 0.6) is 0 Å². The van der Waals surface area contributed by atoms with Gasteiger partial charge in [0, 0.05) is 0 Å². The topological polar surface area (TPSA) is 91.6 Å². The van der Waals surface area contributed by atoms with Gasteiger partial charge in [0.1, 0.15) is 12.6 Å². The third-order valence-electron chi connectivity index (χ3n) is 2.09. The fraction of sp³-hybridized carbons (Fsp3) is 0.636. The molecular weight excluding hydrogens is 222 g/mol. The maximum Gasteiger partial charge on any atom is 0.328 e. The lowest BCUT2D eigenvalue weighted by atomic mass is 10.0. The van der Waals surface area contributed by atoms with Gasteiger partial charge in [0.25, 0.3) is 0 Å². The van der Waals surface area contributed by atoms with E-state index in [0.717, 1.165) is 0 Å². The predicted octanol–water partition coefficient (Wildman–Crippen LogP) is 1.28. The Morgan fingerprint density at radius 2 is 2.06 bits per heavy atom. The molecule has 0 rings (SSSR count). The molecule has 0 aromatic rings. The minimum Gasteiger partial charge on any atom is -0.460 e. The Hall–Kier alpha value is -1.72. The molecule has 0 aliphatic heterocycles. The second-order valence-corrected chi connectivity index (χ2v) is 3.97. The molecule has 0 spiro atoms. The highest BCUT2D eigenvalue weighted by Crippen LogP contribution is 2.06. The first-order valence-corrected chi connectivity index (χ1v) is 5.38. The molecule has 0 aromatic carbocycles. The normalized spacial score (nSPS) is 13.6. The third kappa shape index (κ3) is 5.24. The monoisotopic (exact) mass is 241 g/mol. The van der Waals surface area contributed by atoms with Crippen LogP contribution in [0.4, 0.5) is 0 Å². The van der Waals surface area contributed by atoms with Gasteiger partial charge < -0.3 is 10.1 Å². The van der Waals surface area contributed by atoms with Crippen molar-refractivity contribution in [3.05, 3.63) is 12.7 Å². The molecule has 1 amide bonds. The lowest BCUT2D eigenvalue weighted by molar-refractivity contribution is -0.146. The predicted molar refractivity (Wildman–Crippen MR) is 62.5 cm³/mol.